The van der Waals surface area contributed by atoms with E-state index >= 15 is 0 Å². The summed E-state index contributed by atoms with van der Waals surface area (Å²) >= 11 is 12.3. The average molecular weight is 435 g/mol. The molecule has 0 radical (unpaired) electrons. The Morgan fingerprint density at radius 3 is 2.24 bits per heavy atom. The van der Waals surface area contributed by atoms with Crippen LogP contribution in [0.1, 0.15) is 44.7 Å². The zero-order valence-electron chi connectivity index (χ0n) is 17.1. The van der Waals surface area contributed by atoms with E-state index in [1.54, 1.807) is 23.1 Å². The zero-order chi connectivity index (χ0) is 21.4. The minimum atomic E-state index is -0.569. The summed E-state index contributed by atoms with van der Waals surface area (Å²) in [6.45, 7) is 6.16. The third-order valence-corrected chi connectivity index (χ3v) is 5.57. The Morgan fingerprint density at radius 1 is 1.00 bits per heavy atom. The predicted octanol–water partition coefficient (Wildman–Crippen LogP) is 5.26. The Hall–Kier alpha value is -2.04. The number of hydrogen-bond donors (Lipinski definition) is 1. The second kappa shape index (κ2) is 11.2. The highest BCUT2D eigenvalue weighted by Crippen LogP contribution is 2.21. The van der Waals surface area contributed by atoms with Gasteiger partial charge in [-0.3, -0.25) is 9.59 Å². The molecule has 0 saturated carbocycles. The first-order chi connectivity index (χ1) is 13.8. The highest BCUT2D eigenvalue weighted by Gasteiger charge is 2.29. The van der Waals surface area contributed by atoms with Gasteiger partial charge in [-0.2, -0.15) is 0 Å². The van der Waals surface area contributed by atoms with E-state index in [9.17, 15) is 9.59 Å². The van der Waals surface area contributed by atoms with E-state index in [2.05, 4.69) is 5.32 Å². The summed E-state index contributed by atoms with van der Waals surface area (Å²) < 4.78 is 0. The molecule has 1 N–H and O–H groups in total. The summed E-state index contributed by atoms with van der Waals surface area (Å²) in [7, 11) is 0. The summed E-state index contributed by atoms with van der Waals surface area (Å²) in [5.41, 5.74) is 1.66. The van der Waals surface area contributed by atoms with Crippen LogP contribution in [-0.4, -0.2) is 28.8 Å². The molecule has 0 aliphatic heterocycles. The highest BCUT2D eigenvalue weighted by atomic mass is 35.5. The standard InChI is InChI=1S/C23H28Cl2N2O2/c1-4-16(3)26-23(29)21(5-2)27(15-18-8-6-7-9-20(18)25)22(28)14-17-10-12-19(24)13-11-17/h6-13,16,21H,4-5,14-15H2,1-3H3,(H,26,29)/t16-,21+/m1/s1. The zero-order valence-corrected chi connectivity index (χ0v) is 18.6. The molecular formula is C23H28Cl2N2O2. The van der Waals surface area contributed by atoms with Crippen LogP contribution in [0.4, 0.5) is 0 Å². The van der Waals surface area contributed by atoms with Gasteiger partial charge in [0, 0.05) is 22.6 Å². The molecule has 2 aromatic rings. The molecule has 0 heterocycles. The summed E-state index contributed by atoms with van der Waals surface area (Å²) in [6, 6.07) is 14.0. The smallest absolute Gasteiger partial charge is 0.243 e. The summed E-state index contributed by atoms with van der Waals surface area (Å²) in [4.78, 5) is 27.8. The molecule has 0 fully saturated rings. The lowest BCUT2D eigenvalue weighted by atomic mass is 10.1. The monoisotopic (exact) mass is 434 g/mol. The van der Waals surface area contributed by atoms with Crippen LogP contribution in [0.25, 0.3) is 0 Å². The fraction of sp³-hybridized carbons (Fsp3) is 0.391. The Labute approximate surface area is 183 Å². The number of hydrogen-bond acceptors (Lipinski definition) is 2. The Kier molecular flexibility index (Phi) is 8.99. The molecule has 0 aromatic heterocycles. The van der Waals surface area contributed by atoms with E-state index in [4.69, 9.17) is 23.2 Å². The van der Waals surface area contributed by atoms with Gasteiger partial charge >= 0.3 is 0 Å². The maximum atomic E-state index is 13.2. The minimum Gasteiger partial charge on any atom is -0.352 e. The Morgan fingerprint density at radius 2 is 1.66 bits per heavy atom. The number of benzene rings is 2. The third-order valence-electron chi connectivity index (χ3n) is 4.95. The molecule has 0 aliphatic rings. The van der Waals surface area contributed by atoms with E-state index in [1.165, 1.54) is 0 Å². The third kappa shape index (κ3) is 6.76. The van der Waals surface area contributed by atoms with Crippen LogP contribution < -0.4 is 5.32 Å². The van der Waals surface area contributed by atoms with E-state index in [0.717, 1.165) is 17.5 Å². The van der Waals surface area contributed by atoms with Crippen LogP contribution in [-0.2, 0) is 22.6 Å². The van der Waals surface area contributed by atoms with Crippen molar-refractivity contribution in [1.82, 2.24) is 10.2 Å². The predicted molar refractivity (Wildman–Crippen MR) is 119 cm³/mol. The van der Waals surface area contributed by atoms with Gasteiger partial charge in [-0.1, -0.05) is 67.4 Å². The first kappa shape index (κ1) is 23.2. The first-order valence-corrected chi connectivity index (χ1v) is 10.7. The average Bonchev–Trinajstić information content (AvgIpc) is 2.70. The van der Waals surface area contributed by atoms with Crippen molar-refractivity contribution in [3.05, 3.63) is 69.7 Å². The van der Waals surface area contributed by atoms with Crippen molar-refractivity contribution in [2.45, 2.75) is 58.7 Å². The lowest BCUT2D eigenvalue weighted by Gasteiger charge is -2.31. The van der Waals surface area contributed by atoms with Crippen molar-refractivity contribution in [2.24, 2.45) is 0 Å². The molecule has 2 aromatic carbocycles. The van der Waals surface area contributed by atoms with E-state index in [0.29, 0.717) is 16.5 Å². The Bertz CT molecular complexity index is 824. The van der Waals surface area contributed by atoms with Gasteiger partial charge < -0.3 is 10.2 Å². The number of carbonyl (C=O) groups is 2. The maximum Gasteiger partial charge on any atom is 0.243 e. The second-order valence-electron chi connectivity index (χ2n) is 7.16. The van der Waals surface area contributed by atoms with Gasteiger partial charge in [0.15, 0.2) is 0 Å². The van der Waals surface area contributed by atoms with Crippen LogP contribution in [0.5, 0.6) is 0 Å². The van der Waals surface area contributed by atoms with Gasteiger partial charge in [-0.25, -0.2) is 0 Å². The number of rotatable bonds is 9. The molecule has 2 atom stereocenters. The van der Waals surface area contributed by atoms with Crippen LogP contribution >= 0.6 is 23.2 Å². The van der Waals surface area contributed by atoms with E-state index in [1.807, 2.05) is 51.1 Å². The van der Waals surface area contributed by atoms with Gasteiger partial charge in [0.1, 0.15) is 6.04 Å². The molecule has 156 valence electrons. The number of nitrogens with one attached hydrogen (secondary N) is 1. The maximum absolute atomic E-state index is 13.2. The normalized spacial score (nSPS) is 12.9. The molecule has 2 amide bonds. The topological polar surface area (TPSA) is 49.4 Å². The molecule has 4 nitrogen and oxygen atoms in total. The number of halogens is 2. The molecule has 2 rings (SSSR count). The summed E-state index contributed by atoms with van der Waals surface area (Å²) in [5.74, 6) is -0.267. The van der Waals surface area contributed by atoms with Gasteiger partial charge in [0.25, 0.3) is 0 Å². The van der Waals surface area contributed by atoms with Crippen molar-refractivity contribution in [3.63, 3.8) is 0 Å². The van der Waals surface area contributed by atoms with Crippen molar-refractivity contribution in [1.29, 1.82) is 0 Å². The minimum absolute atomic E-state index is 0.0464. The SMILES string of the molecule is CC[C@@H](C)NC(=O)[C@H](CC)N(Cc1ccccc1Cl)C(=O)Cc1ccc(Cl)cc1. The van der Waals surface area contributed by atoms with Crippen LogP contribution in [0.15, 0.2) is 48.5 Å². The number of carbonyl (C=O) groups excluding carboxylic acids is 2. The molecule has 0 unspecified atom stereocenters. The first-order valence-electron chi connectivity index (χ1n) is 9.93. The van der Waals surface area contributed by atoms with Gasteiger partial charge in [0.05, 0.1) is 6.42 Å². The van der Waals surface area contributed by atoms with E-state index < -0.39 is 6.04 Å². The quantitative estimate of drug-likeness (QED) is 0.584. The fourth-order valence-electron chi connectivity index (χ4n) is 3.05. The molecular weight excluding hydrogens is 407 g/mol. The van der Waals surface area contributed by atoms with Crippen molar-refractivity contribution in [2.75, 3.05) is 0 Å². The Balaban J connectivity index is 2.30. The molecule has 29 heavy (non-hydrogen) atoms. The fourth-order valence-corrected chi connectivity index (χ4v) is 3.37. The summed E-state index contributed by atoms with van der Waals surface area (Å²) in [6.07, 6.45) is 1.53. The highest BCUT2D eigenvalue weighted by molar-refractivity contribution is 6.31. The molecule has 0 aliphatic carbocycles. The van der Waals surface area contributed by atoms with Crippen LogP contribution in [0.3, 0.4) is 0 Å². The van der Waals surface area contributed by atoms with Gasteiger partial charge in [-0.05, 0) is 49.1 Å². The van der Waals surface area contributed by atoms with E-state index in [-0.39, 0.29) is 30.8 Å². The number of nitrogens with zero attached hydrogens (tertiary/aromatic N) is 1. The number of amides is 2. The molecule has 6 heteroatoms. The van der Waals surface area contributed by atoms with Crippen LogP contribution in [0, 0.1) is 0 Å². The lowest BCUT2D eigenvalue weighted by molar-refractivity contribution is -0.141. The molecule has 0 saturated heterocycles. The van der Waals surface area contributed by atoms with Gasteiger partial charge in [-0.15, -0.1) is 0 Å². The van der Waals surface area contributed by atoms with Gasteiger partial charge in [0.2, 0.25) is 11.8 Å². The van der Waals surface area contributed by atoms with Crippen LogP contribution in [0.2, 0.25) is 10.0 Å². The van der Waals surface area contributed by atoms with Crippen molar-refractivity contribution >= 4 is 35.0 Å². The summed E-state index contributed by atoms with van der Waals surface area (Å²) in [5, 5.41) is 4.20. The largest absolute Gasteiger partial charge is 0.352 e. The van der Waals surface area contributed by atoms with Crippen molar-refractivity contribution in [3.8, 4) is 0 Å². The van der Waals surface area contributed by atoms with Crippen molar-refractivity contribution < 1.29 is 9.59 Å². The molecule has 0 bridgehead atoms. The second-order valence-corrected chi connectivity index (χ2v) is 8.00. The molecule has 0 spiro atoms. The lowest BCUT2D eigenvalue weighted by Crippen LogP contribution is -2.51.